The van der Waals surface area contributed by atoms with E-state index >= 15 is 0 Å². The Bertz CT molecular complexity index is 988. The normalized spacial score (nSPS) is 21.1. The molecule has 9 heteroatoms. The number of benzene rings is 1. The first-order valence-corrected chi connectivity index (χ1v) is 12.0. The summed E-state index contributed by atoms with van der Waals surface area (Å²) in [4.78, 5) is 34.3. The number of amides is 2. The lowest BCUT2D eigenvalue weighted by atomic mass is 9.94. The fourth-order valence-corrected chi connectivity index (χ4v) is 5.46. The first-order chi connectivity index (χ1) is 15.0. The molecule has 31 heavy (non-hydrogen) atoms. The number of rotatable bonds is 4. The van der Waals surface area contributed by atoms with E-state index in [1.165, 1.54) is 12.5 Å². The molecule has 0 spiro atoms. The maximum atomic E-state index is 13.5. The highest BCUT2D eigenvalue weighted by molar-refractivity contribution is 8.14. The van der Waals surface area contributed by atoms with Crippen LogP contribution in [0.4, 0.5) is 5.69 Å². The van der Waals surface area contributed by atoms with Gasteiger partial charge in [-0.3, -0.25) is 14.5 Å². The molecular formula is C22H23Cl2N3O3S. The Kier molecular flexibility index (Phi) is 6.94. The lowest BCUT2D eigenvalue weighted by Gasteiger charge is -2.34. The zero-order valence-electron chi connectivity index (χ0n) is 17.1. The van der Waals surface area contributed by atoms with Crippen LogP contribution >= 0.6 is 35.0 Å². The Morgan fingerprint density at radius 1 is 1.19 bits per heavy atom. The summed E-state index contributed by atoms with van der Waals surface area (Å²) < 4.78 is 5.01. The van der Waals surface area contributed by atoms with Crippen LogP contribution in [0.1, 0.15) is 36.5 Å². The Hall–Kier alpha value is -1.96. The van der Waals surface area contributed by atoms with Crippen LogP contribution in [0.5, 0.6) is 0 Å². The summed E-state index contributed by atoms with van der Waals surface area (Å²) in [6.45, 7) is 3.19. The predicted molar refractivity (Wildman–Crippen MR) is 124 cm³/mol. The molecular weight excluding hydrogens is 457 g/mol. The van der Waals surface area contributed by atoms with Gasteiger partial charge < -0.3 is 9.32 Å². The van der Waals surface area contributed by atoms with Gasteiger partial charge in [0.15, 0.2) is 5.17 Å². The molecule has 0 saturated carbocycles. The van der Waals surface area contributed by atoms with Crippen molar-refractivity contribution in [2.75, 3.05) is 18.8 Å². The zero-order valence-corrected chi connectivity index (χ0v) is 19.4. The summed E-state index contributed by atoms with van der Waals surface area (Å²) in [5.74, 6) is 0.733. The average Bonchev–Trinajstić information content (AvgIpc) is 3.45. The lowest BCUT2D eigenvalue weighted by Crippen LogP contribution is -2.47. The number of halogens is 2. The fraction of sp³-hybridized carbons (Fsp3) is 0.409. The molecule has 1 unspecified atom stereocenters. The Morgan fingerprint density at radius 2 is 1.97 bits per heavy atom. The van der Waals surface area contributed by atoms with Gasteiger partial charge in [0.1, 0.15) is 6.26 Å². The molecule has 2 aliphatic heterocycles. The van der Waals surface area contributed by atoms with Crippen LogP contribution in [0, 0.1) is 5.92 Å². The van der Waals surface area contributed by atoms with E-state index in [0.29, 0.717) is 52.4 Å². The predicted octanol–water partition coefficient (Wildman–Crippen LogP) is 5.48. The molecule has 1 aromatic heterocycles. The van der Waals surface area contributed by atoms with Crippen molar-refractivity contribution >= 4 is 57.6 Å². The maximum Gasteiger partial charge on any atom is 0.257 e. The third-order valence-electron chi connectivity index (χ3n) is 5.71. The van der Waals surface area contributed by atoms with E-state index < -0.39 is 0 Å². The molecule has 2 amide bonds. The van der Waals surface area contributed by atoms with Crippen molar-refractivity contribution in [3.8, 4) is 0 Å². The number of carbonyl (C=O) groups excluding carboxylic acids is 2. The number of thioether (sulfide) groups is 1. The molecule has 2 fully saturated rings. The van der Waals surface area contributed by atoms with Gasteiger partial charge in [0.05, 0.1) is 27.6 Å². The van der Waals surface area contributed by atoms with E-state index in [1.54, 1.807) is 40.9 Å². The highest BCUT2D eigenvalue weighted by Crippen LogP contribution is 2.34. The monoisotopic (exact) mass is 479 g/mol. The number of aliphatic imine (C=N–C) groups is 1. The first kappa shape index (κ1) is 22.2. The molecule has 0 N–H and O–H groups in total. The molecule has 1 atom stereocenters. The van der Waals surface area contributed by atoms with Crippen LogP contribution in [0.15, 0.2) is 46.2 Å². The molecule has 0 radical (unpaired) electrons. The van der Waals surface area contributed by atoms with E-state index in [1.807, 2.05) is 4.90 Å². The quantitative estimate of drug-likeness (QED) is 0.581. The van der Waals surface area contributed by atoms with Gasteiger partial charge in [-0.1, -0.05) is 41.9 Å². The van der Waals surface area contributed by atoms with Crippen molar-refractivity contribution in [3.05, 3.63) is 52.4 Å². The van der Waals surface area contributed by atoms with Gasteiger partial charge in [-0.15, -0.1) is 0 Å². The van der Waals surface area contributed by atoms with E-state index in [9.17, 15) is 9.59 Å². The molecule has 0 bridgehead atoms. The Balaban J connectivity index is 1.47. The summed E-state index contributed by atoms with van der Waals surface area (Å²) in [5, 5.41) is 1.61. The van der Waals surface area contributed by atoms with Gasteiger partial charge >= 0.3 is 0 Å². The number of hydrogen-bond donors (Lipinski definition) is 0. The van der Waals surface area contributed by atoms with Crippen molar-refractivity contribution < 1.29 is 14.0 Å². The fourth-order valence-electron chi connectivity index (χ4n) is 3.89. The van der Waals surface area contributed by atoms with Crippen molar-refractivity contribution in [1.82, 2.24) is 9.80 Å². The third kappa shape index (κ3) is 4.78. The number of piperidine rings is 1. The lowest BCUT2D eigenvalue weighted by molar-refractivity contribution is -0.134. The summed E-state index contributed by atoms with van der Waals surface area (Å²) in [6, 6.07) is 6.99. The molecule has 164 valence electrons. The zero-order chi connectivity index (χ0) is 22.0. The minimum atomic E-state index is -0.125. The van der Waals surface area contributed by atoms with Crippen LogP contribution < -0.4 is 0 Å². The first-order valence-electron chi connectivity index (χ1n) is 10.3. The molecule has 0 aliphatic carbocycles. The smallest absolute Gasteiger partial charge is 0.257 e. The van der Waals surface area contributed by atoms with Crippen LogP contribution in [-0.2, 0) is 4.79 Å². The Morgan fingerprint density at radius 3 is 2.61 bits per heavy atom. The van der Waals surface area contributed by atoms with Gasteiger partial charge in [0, 0.05) is 30.8 Å². The van der Waals surface area contributed by atoms with Gasteiger partial charge in [-0.05, 0) is 43.5 Å². The van der Waals surface area contributed by atoms with Crippen molar-refractivity contribution in [2.24, 2.45) is 10.9 Å². The molecule has 2 saturated heterocycles. The average molecular weight is 480 g/mol. The molecule has 2 aromatic rings. The second kappa shape index (κ2) is 9.67. The molecule has 6 nitrogen and oxygen atoms in total. The van der Waals surface area contributed by atoms with E-state index in [4.69, 9.17) is 32.6 Å². The highest BCUT2D eigenvalue weighted by atomic mass is 35.5. The van der Waals surface area contributed by atoms with Crippen molar-refractivity contribution in [1.29, 1.82) is 0 Å². The van der Waals surface area contributed by atoms with E-state index in [2.05, 4.69) is 6.92 Å². The van der Waals surface area contributed by atoms with Gasteiger partial charge in [0.25, 0.3) is 5.91 Å². The van der Waals surface area contributed by atoms with Crippen LogP contribution in [0.25, 0.3) is 0 Å². The minimum Gasteiger partial charge on any atom is -0.472 e. The van der Waals surface area contributed by atoms with Gasteiger partial charge in [-0.2, -0.15) is 0 Å². The molecule has 3 heterocycles. The van der Waals surface area contributed by atoms with Crippen LogP contribution in [0.2, 0.25) is 10.0 Å². The van der Waals surface area contributed by atoms with E-state index in [-0.39, 0.29) is 23.8 Å². The van der Waals surface area contributed by atoms with Crippen LogP contribution in [0.3, 0.4) is 0 Å². The summed E-state index contributed by atoms with van der Waals surface area (Å²) in [7, 11) is 0. The number of carbonyl (C=O) groups is 2. The minimum absolute atomic E-state index is 0.0512. The largest absolute Gasteiger partial charge is 0.472 e. The number of nitrogens with zero attached hydrogens (tertiary/aromatic N) is 3. The number of hydrogen-bond acceptors (Lipinski definition) is 5. The second-order valence-electron chi connectivity index (χ2n) is 7.65. The molecule has 2 aliphatic rings. The third-order valence-corrected chi connectivity index (χ3v) is 7.55. The van der Waals surface area contributed by atoms with Gasteiger partial charge in [0.2, 0.25) is 5.91 Å². The second-order valence-corrected chi connectivity index (χ2v) is 9.45. The SMILES string of the molecule is CCC1CSC(=Nc2ccc(Cl)c(Cl)c2)N1C(=O)C1CCN(C(=O)c2ccoc2)CC1. The van der Waals surface area contributed by atoms with Crippen molar-refractivity contribution in [2.45, 2.75) is 32.2 Å². The van der Waals surface area contributed by atoms with Gasteiger partial charge in [-0.25, -0.2) is 4.99 Å². The number of amidine groups is 1. The van der Waals surface area contributed by atoms with Crippen molar-refractivity contribution in [3.63, 3.8) is 0 Å². The van der Waals surface area contributed by atoms with E-state index in [0.717, 1.165) is 12.2 Å². The summed E-state index contributed by atoms with van der Waals surface area (Å²) in [6.07, 6.45) is 5.09. The molecule has 1 aromatic carbocycles. The topological polar surface area (TPSA) is 66.1 Å². The number of furan rings is 1. The molecule has 4 rings (SSSR count). The summed E-state index contributed by atoms with van der Waals surface area (Å²) >= 11 is 13.7. The Labute approximate surface area is 195 Å². The summed E-state index contributed by atoms with van der Waals surface area (Å²) in [5.41, 5.74) is 1.22. The van der Waals surface area contributed by atoms with Crippen LogP contribution in [-0.4, -0.2) is 51.7 Å². The standard InChI is InChI=1S/C22H23Cl2N3O3S/c1-2-17-13-31-22(25-16-3-4-18(23)19(24)11-16)27(17)21(29)14-5-8-26(9-6-14)20(28)15-7-10-30-12-15/h3-4,7,10-12,14,17H,2,5-6,8-9,13H2,1H3. The maximum absolute atomic E-state index is 13.5. The number of likely N-dealkylation sites (tertiary alicyclic amines) is 1. The highest BCUT2D eigenvalue weighted by Gasteiger charge is 2.39.